The van der Waals surface area contributed by atoms with Crippen LogP contribution in [0.25, 0.3) is 0 Å². The Morgan fingerprint density at radius 2 is 2.16 bits per heavy atom. The summed E-state index contributed by atoms with van der Waals surface area (Å²) in [4.78, 5) is 14.9. The van der Waals surface area contributed by atoms with Gasteiger partial charge >= 0.3 is 0 Å². The summed E-state index contributed by atoms with van der Waals surface area (Å²) in [6, 6.07) is 1.68. The van der Waals surface area contributed by atoms with Gasteiger partial charge in [0, 0.05) is 18.4 Å². The van der Waals surface area contributed by atoms with Crippen LogP contribution < -0.4 is 11.1 Å². The number of nitrogens with two attached hydrogens (primary N) is 1. The molecule has 4 nitrogen and oxygen atoms in total. The van der Waals surface area contributed by atoms with Gasteiger partial charge in [-0.05, 0) is 36.7 Å². The van der Waals surface area contributed by atoms with E-state index in [4.69, 9.17) is 5.73 Å². The molecule has 19 heavy (non-hydrogen) atoms. The molecule has 1 aromatic rings. The molecule has 0 radical (unpaired) electrons. The fraction of sp³-hybridized carbons (Fsp3) is 0.667. The van der Waals surface area contributed by atoms with E-state index in [2.05, 4.69) is 24.1 Å². The zero-order valence-corrected chi connectivity index (χ0v) is 12.0. The number of carbonyl (C=O) groups is 1. The second kappa shape index (κ2) is 5.68. The summed E-state index contributed by atoms with van der Waals surface area (Å²) in [5, 5.41) is 3.07. The quantitative estimate of drug-likeness (QED) is 0.764. The van der Waals surface area contributed by atoms with Crippen LogP contribution >= 0.6 is 0 Å². The van der Waals surface area contributed by atoms with E-state index in [1.807, 2.05) is 0 Å². The highest BCUT2D eigenvalue weighted by molar-refractivity contribution is 5.93. The van der Waals surface area contributed by atoms with Gasteiger partial charge < -0.3 is 16.0 Å². The van der Waals surface area contributed by atoms with E-state index in [0.29, 0.717) is 22.7 Å². The molecule has 0 saturated heterocycles. The molecule has 1 aliphatic rings. The Morgan fingerprint density at radius 3 is 2.68 bits per heavy atom. The number of aromatic amines is 1. The van der Waals surface area contributed by atoms with E-state index in [9.17, 15) is 4.79 Å². The summed E-state index contributed by atoms with van der Waals surface area (Å²) in [6.07, 6.45) is 7.89. The maximum Gasteiger partial charge on any atom is 0.267 e. The predicted molar refractivity (Wildman–Crippen MR) is 77.9 cm³/mol. The number of H-pyrrole nitrogens is 1. The minimum atomic E-state index is -0.0493. The Morgan fingerprint density at radius 1 is 1.47 bits per heavy atom. The zero-order valence-electron chi connectivity index (χ0n) is 12.0. The number of rotatable bonds is 5. The van der Waals surface area contributed by atoms with Gasteiger partial charge in [-0.2, -0.15) is 0 Å². The molecule has 1 saturated carbocycles. The van der Waals surface area contributed by atoms with Crippen molar-refractivity contribution >= 4 is 11.6 Å². The zero-order chi connectivity index (χ0) is 13.9. The molecule has 0 unspecified atom stereocenters. The first-order valence-corrected chi connectivity index (χ1v) is 7.23. The van der Waals surface area contributed by atoms with Crippen molar-refractivity contribution in [2.24, 2.45) is 11.3 Å². The average molecular weight is 263 g/mol. The van der Waals surface area contributed by atoms with Gasteiger partial charge in [0.05, 0.1) is 0 Å². The average Bonchev–Trinajstić information content (AvgIpc) is 2.95. The largest absolute Gasteiger partial charge is 0.397 e. The van der Waals surface area contributed by atoms with E-state index >= 15 is 0 Å². The Hall–Kier alpha value is -1.45. The smallest absolute Gasteiger partial charge is 0.267 e. The molecule has 1 amide bonds. The van der Waals surface area contributed by atoms with Gasteiger partial charge in [0.1, 0.15) is 5.69 Å². The number of hydrogen-bond acceptors (Lipinski definition) is 2. The second-order valence-corrected chi connectivity index (χ2v) is 6.33. The van der Waals surface area contributed by atoms with E-state index in [1.165, 1.54) is 32.1 Å². The van der Waals surface area contributed by atoms with Crippen molar-refractivity contribution in [1.82, 2.24) is 10.3 Å². The third-order valence-corrected chi connectivity index (χ3v) is 4.08. The van der Waals surface area contributed by atoms with Crippen LogP contribution in [0.2, 0.25) is 0 Å². The van der Waals surface area contributed by atoms with Gasteiger partial charge in [-0.25, -0.2) is 0 Å². The lowest BCUT2D eigenvalue weighted by Crippen LogP contribution is -2.37. The number of hydrogen-bond donors (Lipinski definition) is 3. The van der Waals surface area contributed by atoms with Crippen molar-refractivity contribution in [1.29, 1.82) is 0 Å². The molecule has 0 atom stereocenters. The lowest BCUT2D eigenvalue weighted by atomic mass is 9.78. The SMILES string of the molecule is CC(C)CC1(CNC(=O)c2cc(N)c[nH]2)CCCC1. The minimum Gasteiger partial charge on any atom is -0.397 e. The van der Waals surface area contributed by atoms with Crippen LogP contribution in [0.4, 0.5) is 5.69 Å². The summed E-state index contributed by atoms with van der Waals surface area (Å²) in [6.45, 7) is 5.30. The highest BCUT2D eigenvalue weighted by atomic mass is 16.1. The van der Waals surface area contributed by atoms with Crippen LogP contribution in [-0.4, -0.2) is 17.4 Å². The number of nitrogens with one attached hydrogen (secondary N) is 2. The third-order valence-electron chi connectivity index (χ3n) is 4.08. The maximum atomic E-state index is 12.0. The van der Waals surface area contributed by atoms with Crippen LogP contribution in [0.5, 0.6) is 0 Å². The lowest BCUT2D eigenvalue weighted by molar-refractivity contribution is 0.0917. The van der Waals surface area contributed by atoms with Crippen LogP contribution in [0, 0.1) is 11.3 Å². The number of aromatic nitrogens is 1. The Balaban J connectivity index is 1.94. The molecule has 0 spiro atoms. The molecular weight excluding hydrogens is 238 g/mol. The van der Waals surface area contributed by atoms with Crippen molar-refractivity contribution < 1.29 is 4.79 Å². The number of amides is 1. The van der Waals surface area contributed by atoms with Crippen LogP contribution in [0.15, 0.2) is 12.3 Å². The number of nitrogen functional groups attached to an aromatic ring is 1. The van der Waals surface area contributed by atoms with Gasteiger partial charge in [0.25, 0.3) is 5.91 Å². The minimum absolute atomic E-state index is 0.0493. The number of carbonyl (C=O) groups excluding carboxylic acids is 1. The summed E-state index contributed by atoms with van der Waals surface area (Å²) in [5.74, 6) is 0.628. The van der Waals surface area contributed by atoms with Gasteiger partial charge in [-0.1, -0.05) is 26.7 Å². The monoisotopic (exact) mass is 263 g/mol. The van der Waals surface area contributed by atoms with Crippen molar-refractivity contribution in [2.75, 3.05) is 12.3 Å². The molecular formula is C15H25N3O. The first-order chi connectivity index (χ1) is 9.01. The molecule has 0 aromatic carbocycles. The van der Waals surface area contributed by atoms with Crippen molar-refractivity contribution in [2.45, 2.75) is 46.0 Å². The van der Waals surface area contributed by atoms with Gasteiger partial charge in [-0.15, -0.1) is 0 Å². The maximum absolute atomic E-state index is 12.0. The van der Waals surface area contributed by atoms with Crippen molar-refractivity contribution in [3.05, 3.63) is 18.0 Å². The molecule has 4 heteroatoms. The Bertz CT molecular complexity index is 430. The summed E-state index contributed by atoms with van der Waals surface area (Å²) in [5.41, 5.74) is 7.07. The highest BCUT2D eigenvalue weighted by Crippen LogP contribution is 2.42. The van der Waals surface area contributed by atoms with E-state index in [1.54, 1.807) is 12.3 Å². The summed E-state index contributed by atoms with van der Waals surface area (Å²) >= 11 is 0. The molecule has 1 aromatic heterocycles. The van der Waals surface area contributed by atoms with Crippen molar-refractivity contribution in [3.8, 4) is 0 Å². The molecule has 1 fully saturated rings. The molecule has 1 heterocycles. The van der Waals surface area contributed by atoms with Crippen LogP contribution in [0.1, 0.15) is 56.4 Å². The second-order valence-electron chi connectivity index (χ2n) is 6.33. The van der Waals surface area contributed by atoms with Gasteiger partial charge in [0.2, 0.25) is 0 Å². The molecule has 4 N–H and O–H groups in total. The molecule has 0 bridgehead atoms. The lowest BCUT2D eigenvalue weighted by Gasteiger charge is -2.31. The molecule has 2 rings (SSSR count). The Labute approximate surface area is 115 Å². The van der Waals surface area contributed by atoms with Crippen molar-refractivity contribution in [3.63, 3.8) is 0 Å². The normalized spacial score (nSPS) is 17.8. The fourth-order valence-electron chi connectivity index (χ4n) is 3.35. The van der Waals surface area contributed by atoms with Gasteiger partial charge in [-0.3, -0.25) is 4.79 Å². The standard InChI is InChI=1S/C15H25N3O/c1-11(2)8-15(5-3-4-6-15)10-18-14(19)13-7-12(16)9-17-13/h7,9,11,17H,3-6,8,10,16H2,1-2H3,(H,18,19). The summed E-state index contributed by atoms with van der Waals surface area (Å²) < 4.78 is 0. The van der Waals surface area contributed by atoms with E-state index < -0.39 is 0 Å². The van der Waals surface area contributed by atoms with Crippen LogP contribution in [0.3, 0.4) is 0 Å². The molecule has 1 aliphatic carbocycles. The van der Waals surface area contributed by atoms with E-state index in [0.717, 1.165) is 6.54 Å². The topological polar surface area (TPSA) is 70.9 Å². The van der Waals surface area contributed by atoms with Crippen LogP contribution in [-0.2, 0) is 0 Å². The molecule has 106 valence electrons. The molecule has 0 aliphatic heterocycles. The fourth-order valence-corrected chi connectivity index (χ4v) is 3.35. The first-order valence-electron chi connectivity index (χ1n) is 7.23. The Kier molecular flexibility index (Phi) is 4.17. The first kappa shape index (κ1) is 14.0. The predicted octanol–water partition coefficient (Wildman–Crippen LogP) is 2.93. The van der Waals surface area contributed by atoms with Gasteiger partial charge in [0.15, 0.2) is 0 Å². The summed E-state index contributed by atoms with van der Waals surface area (Å²) in [7, 11) is 0. The highest BCUT2D eigenvalue weighted by Gasteiger charge is 2.34. The number of anilines is 1. The third kappa shape index (κ3) is 3.52. The van der Waals surface area contributed by atoms with E-state index in [-0.39, 0.29) is 5.91 Å².